The van der Waals surface area contributed by atoms with Gasteiger partial charge in [0.25, 0.3) is 5.91 Å². The molecular formula is C29H22BrClN2O5. The third-order valence-electron chi connectivity index (χ3n) is 5.31. The van der Waals surface area contributed by atoms with Crippen molar-refractivity contribution in [3.63, 3.8) is 0 Å². The van der Waals surface area contributed by atoms with Gasteiger partial charge in [0.2, 0.25) is 0 Å². The van der Waals surface area contributed by atoms with Crippen molar-refractivity contribution in [2.45, 2.75) is 6.61 Å². The molecule has 4 aromatic carbocycles. The summed E-state index contributed by atoms with van der Waals surface area (Å²) in [4.78, 5) is 25.5. The molecule has 0 bridgehead atoms. The number of amides is 1. The molecule has 0 saturated carbocycles. The van der Waals surface area contributed by atoms with E-state index in [-0.39, 0.29) is 12.4 Å². The number of rotatable bonds is 9. The molecule has 7 nitrogen and oxygen atoms in total. The van der Waals surface area contributed by atoms with Gasteiger partial charge in [0.05, 0.1) is 24.5 Å². The number of benzene rings is 4. The van der Waals surface area contributed by atoms with Crippen molar-refractivity contribution < 1.29 is 23.8 Å². The molecule has 1 N–H and O–H groups in total. The van der Waals surface area contributed by atoms with Crippen LogP contribution in [0.15, 0.2) is 101 Å². The molecule has 0 fully saturated rings. The van der Waals surface area contributed by atoms with Gasteiger partial charge < -0.3 is 14.2 Å². The molecule has 1 amide bonds. The van der Waals surface area contributed by atoms with E-state index in [0.29, 0.717) is 33.2 Å². The molecule has 192 valence electrons. The van der Waals surface area contributed by atoms with E-state index < -0.39 is 11.9 Å². The van der Waals surface area contributed by atoms with Gasteiger partial charge in [0.15, 0.2) is 0 Å². The summed E-state index contributed by atoms with van der Waals surface area (Å²) < 4.78 is 17.3. The molecule has 0 saturated heterocycles. The Kier molecular flexibility index (Phi) is 9.13. The second-order valence-corrected chi connectivity index (χ2v) is 9.26. The van der Waals surface area contributed by atoms with Crippen molar-refractivity contribution in [2.24, 2.45) is 5.10 Å². The Balaban J connectivity index is 1.43. The van der Waals surface area contributed by atoms with Gasteiger partial charge in [-0.2, -0.15) is 5.10 Å². The van der Waals surface area contributed by atoms with Crippen LogP contribution >= 0.6 is 27.5 Å². The smallest absolute Gasteiger partial charge is 0.343 e. The van der Waals surface area contributed by atoms with E-state index in [1.807, 2.05) is 12.1 Å². The predicted octanol–water partition coefficient (Wildman–Crippen LogP) is 6.67. The third-order valence-corrected chi connectivity index (χ3v) is 6.05. The van der Waals surface area contributed by atoms with Crippen LogP contribution in [0.5, 0.6) is 17.2 Å². The van der Waals surface area contributed by atoms with E-state index in [1.54, 1.807) is 86.0 Å². The number of carbonyl (C=O) groups is 2. The SMILES string of the molecule is COc1ccc(C(=O)Oc2ccc(Br)cc2/C=N\NC(=O)c2ccccc2OCc2ccc(Cl)cc2)cc1. The van der Waals surface area contributed by atoms with Crippen LogP contribution in [0.1, 0.15) is 31.8 Å². The molecule has 0 unspecified atom stereocenters. The minimum atomic E-state index is -0.541. The Morgan fingerprint density at radius 3 is 2.42 bits per heavy atom. The Morgan fingerprint density at radius 1 is 0.947 bits per heavy atom. The fourth-order valence-electron chi connectivity index (χ4n) is 3.34. The molecule has 4 rings (SSSR count). The lowest BCUT2D eigenvalue weighted by Crippen LogP contribution is -2.19. The monoisotopic (exact) mass is 592 g/mol. The van der Waals surface area contributed by atoms with Crippen molar-refractivity contribution in [2.75, 3.05) is 7.11 Å². The second-order valence-electron chi connectivity index (χ2n) is 7.91. The summed E-state index contributed by atoms with van der Waals surface area (Å²) >= 11 is 9.33. The van der Waals surface area contributed by atoms with Crippen molar-refractivity contribution in [3.8, 4) is 17.2 Å². The number of para-hydroxylation sites is 1. The molecule has 9 heteroatoms. The molecule has 4 aromatic rings. The van der Waals surface area contributed by atoms with Gasteiger partial charge in [-0.25, -0.2) is 10.2 Å². The van der Waals surface area contributed by atoms with E-state index in [0.717, 1.165) is 10.0 Å². The number of ether oxygens (including phenoxy) is 3. The topological polar surface area (TPSA) is 86.2 Å². The van der Waals surface area contributed by atoms with E-state index in [9.17, 15) is 9.59 Å². The number of methoxy groups -OCH3 is 1. The molecule has 0 aromatic heterocycles. The van der Waals surface area contributed by atoms with Crippen LogP contribution in [0.2, 0.25) is 5.02 Å². The highest BCUT2D eigenvalue weighted by molar-refractivity contribution is 9.10. The summed E-state index contributed by atoms with van der Waals surface area (Å²) in [5, 5.41) is 4.70. The molecule has 0 aliphatic rings. The number of hydrogen-bond acceptors (Lipinski definition) is 6. The van der Waals surface area contributed by atoms with Crippen LogP contribution < -0.4 is 19.6 Å². The van der Waals surface area contributed by atoms with Crippen molar-refractivity contribution in [3.05, 3.63) is 123 Å². The summed E-state index contributed by atoms with van der Waals surface area (Å²) in [7, 11) is 1.55. The lowest BCUT2D eigenvalue weighted by Gasteiger charge is -2.11. The molecule has 38 heavy (non-hydrogen) atoms. The fourth-order valence-corrected chi connectivity index (χ4v) is 3.85. The predicted molar refractivity (Wildman–Crippen MR) is 149 cm³/mol. The molecule has 0 radical (unpaired) electrons. The van der Waals surface area contributed by atoms with Crippen LogP contribution in [0, 0.1) is 0 Å². The largest absolute Gasteiger partial charge is 0.497 e. The molecular weight excluding hydrogens is 572 g/mol. The van der Waals surface area contributed by atoms with Crippen molar-refractivity contribution in [1.29, 1.82) is 0 Å². The first-order chi connectivity index (χ1) is 18.4. The zero-order valence-corrected chi connectivity index (χ0v) is 22.5. The van der Waals surface area contributed by atoms with E-state index in [1.165, 1.54) is 6.21 Å². The Morgan fingerprint density at radius 2 is 1.68 bits per heavy atom. The van der Waals surface area contributed by atoms with Gasteiger partial charge in [-0.3, -0.25) is 4.79 Å². The molecule has 0 heterocycles. The summed E-state index contributed by atoms with van der Waals surface area (Å²) in [5.74, 6) is 0.316. The Hall–Kier alpha value is -4.14. The maximum absolute atomic E-state index is 12.9. The van der Waals surface area contributed by atoms with Crippen LogP contribution in [0.25, 0.3) is 0 Å². The number of nitrogens with one attached hydrogen (secondary N) is 1. The van der Waals surface area contributed by atoms with Gasteiger partial charge in [0, 0.05) is 15.1 Å². The standard InChI is InChI=1S/C29H22BrClN2O5/c1-36-24-13-8-20(9-14-24)29(35)38-26-15-10-22(30)16-21(26)17-32-33-28(34)25-4-2-3-5-27(25)37-18-19-6-11-23(31)12-7-19/h2-17H,18H2,1H3,(H,33,34)/b32-17-. The first-order valence-corrected chi connectivity index (χ1v) is 12.6. The molecule has 0 atom stereocenters. The van der Waals surface area contributed by atoms with E-state index >= 15 is 0 Å². The number of esters is 1. The number of nitrogens with zero attached hydrogens (tertiary/aromatic N) is 1. The maximum Gasteiger partial charge on any atom is 0.343 e. The quantitative estimate of drug-likeness (QED) is 0.101. The number of hydrazone groups is 1. The number of hydrogen-bond donors (Lipinski definition) is 1. The van der Waals surface area contributed by atoms with Crippen LogP contribution in [0.3, 0.4) is 0 Å². The van der Waals surface area contributed by atoms with Gasteiger partial charge in [-0.1, -0.05) is 51.8 Å². The average Bonchev–Trinajstić information content (AvgIpc) is 2.94. The average molecular weight is 594 g/mol. The van der Waals surface area contributed by atoms with Crippen LogP contribution in [0.4, 0.5) is 0 Å². The second kappa shape index (κ2) is 12.9. The number of halogens is 2. The molecule has 0 aliphatic heterocycles. The molecule has 0 aliphatic carbocycles. The zero-order chi connectivity index (χ0) is 26.9. The fraction of sp³-hybridized carbons (Fsp3) is 0.0690. The maximum atomic E-state index is 12.9. The van der Waals surface area contributed by atoms with Gasteiger partial charge in [-0.15, -0.1) is 0 Å². The highest BCUT2D eigenvalue weighted by Crippen LogP contribution is 2.24. The van der Waals surface area contributed by atoms with E-state index in [4.69, 9.17) is 25.8 Å². The minimum Gasteiger partial charge on any atom is -0.497 e. The minimum absolute atomic E-state index is 0.270. The highest BCUT2D eigenvalue weighted by Gasteiger charge is 2.14. The zero-order valence-electron chi connectivity index (χ0n) is 20.2. The lowest BCUT2D eigenvalue weighted by atomic mass is 10.2. The lowest BCUT2D eigenvalue weighted by molar-refractivity contribution is 0.0734. The highest BCUT2D eigenvalue weighted by atomic mass is 79.9. The van der Waals surface area contributed by atoms with Crippen LogP contribution in [-0.4, -0.2) is 25.2 Å². The van der Waals surface area contributed by atoms with Gasteiger partial charge in [0.1, 0.15) is 23.9 Å². The van der Waals surface area contributed by atoms with Gasteiger partial charge >= 0.3 is 5.97 Å². The summed E-state index contributed by atoms with van der Waals surface area (Å²) in [6, 6.07) is 25.8. The van der Waals surface area contributed by atoms with E-state index in [2.05, 4.69) is 26.5 Å². The summed E-state index contributed by atoms with van der Waals surface area (Å²) in [6.45, 7) is 0.270. The molecule has 0 spiro atoms. The Labute approximate surface area is 233 Å². The third kappa shape index (κ3) is 7.21. The van der Waals surface area contributed by atoms with Crippen molar-refractivity contribution in [1.82, 2.24) is 5.43 Å². The summed E-state index contributed by atoms with van der Waals surface area (Å²) in [6.07, 6.45) is 1.40. The summed E-state index contributed by atoms with van der Waals surface area (Å²) in [5.41, 5.74) is 4.57. The first kappa shape index (κ1) is 26.9. The normalized spacial score (nSPS) is 10.7. The van der Waals surface area contributed by atoms with Gasteiger partial charge in [-0.05, 0) is 72.3 Å². The van der Waals surface area contributed by atoms with Crippen LogP contribution in [-0.2, 0) is 6.61 Å². The number of carbonyl (C=O) groups excluding carboxylic acids is 2. The first-order valence-electron chi connectivity index (χ1n) is 11.4. The Bertz CT molecular complexity index is 1460. The van der Waals surface area contributed by atoms with Crippen molar-refractivity contribution >= 4 is 45.6 Å².